The Morgan fingerprint density at radius 2 is 0.680 bits per heavy atom. The summed E-state index contributed by atoms with van der Waals surface area (Å²) in [7, 11) is 0. The summed E-state index contributed by atoms with van der Waals surface area (Å²) in [5.74, 6) is 0. The molecular formula is C72H46N2O. The fourth-order valence-corrected chi connectivity index (χ4v) is 12.0. The lowest BCUT2D eigenvalue weighted by Gasteiger charge is -2.30. The third kappa shape index (κ3) is 6.97. The number of nitrogens with zero attached hydrogens (tertiary/aromatic N) is 2. The van der Waals surface area contributed by atoms with Crippen LogP contribution in [0.5, 0.6) is 0 Å². The quantitative estimate of drug-likeness (QED) is 0.171. The van der Waals surface area contributed by atoms with E-state index in [0.717, 1.165) is 94.1 Å². The van der Waals surface area contributed by atoms with Crippen molar-refractivity contribution >= 4 is 110 Å². The second-order valence-electron chi connectivity index (χ2n) is 19.5. The van der Waals surface area contributed by atoms with Crippen LogP contribution in [0.1, 0.15) is 0 Å². The standard InChI is InChI=1S/C72H46N2O/c1-3-19-47(20-4-1)48-35-37-50(38-36-48)73(52-40-42-70-67(44-52)60-30-14-12-28-58(60)62-31-15-17-33-69(62)74(70)49-21-5-2-6-22-49)51-39-41-61-57-27-10-9-25-55(57)53-23-7-8-24-54(53)56-26-11-13-29-59(56)66-46-72-68(45-65(66)64(61)43-51)63-32-16-18-34-71(63)75-72/h1-46H. The van der Waals surface area contributed by atoms with E-state index < -0.39 is 0 Å². The van der Waals surface area contributed by atoms with Crippen molar-refractivity contribution in [1.82, 2.24) is 0 Å². The van der Waals surface area contributed by atoms with E-state index >= 15 is 0 Å². The fourth-order valence-electron chi connectivity index (χ4n) is 12.0. The van der Waals surface area contributed by atoms with Gasteiger partial charge in [0, 0.05) is 44.6 Å². The number of rotatable bonds is 5. The second kappa shape index (κ2) is 17.4. The molecule has 0 amide bonds. The van der Waals surface area contributed by atoms with E-state index in [9.17, 15) is 0 Å². The second-order valence-corrected chi connectivity index (χ2v) is 19.5. The zero-order valence-electron chi connectivity index (χ0n) is 40.9. The number of hydrogen-bond acceptors (Lipinski definition) is 3. The lowest BCUT2D eigenvalue weighted by atomic mass is 9.93. The maximum atomic E-state index is 6.72. The van der Waals surface area contributed by atoms with Gasteiger partial charge in [-0.05, 0) is 155 Å². The predicted molar refractivity (Wildman–Crippen MR) is 318 cm³/mol. The molecular weight excluding hydrogens is 909 g/mol. The van der Waals surface area contributed by atoms with Gasteiger partial charge in [-0.15, -0.1) is 0 Å². The first-order valence-electron chi connectivity index (χ1n) is 25.7. The minimum absolute atomic E-state index is 0.866. The van der Waals surface area contributed by atoms with E-state index in [0.29, 0.717) is 0 Å². The molecule has 0 aliphatic carbocycles. The molecule has 13 aromatic carbocycles. The third-order valence-corrected chi connectivity index (χ3v) is 15.4. The van der Waals surface area contributed by atoms with Crippen molar-refractivity contribution in [2.24, 2.45) is 0 Å². The molecule has 0 atom stereocenters. The lowest BCUT2D eigenvalue weighted by Crippen LogP contribution is -2.13. The largest absolute Gasteiger partial charge is 0.456 e. The Morgan fingerprint density at radius 3 is 1.35 bits per heavy atom. The first-order valence-corrected chi connectivity index (χ1v) is 25.7. The van der Waals surface area contributed by atoms with Crippen LogP contribution in [0, 0.1) is 0 Å². The minimum atomic E-state index is 0.866. The van der Waals surface area contributed by atoms with Gasteiger partial charge in [-0.1, -0.05) is 200 Å². The van der Waals surface area contributed by atoms with Crippen LogP contribution in [0.3, 0.4) is 0 Å². The minimum Gasteiger partial charge on any atom is -0.456 e. The van der Waals surface area contributed by atoms with Gasteiger partial charge in [-0.3, -0.25) is 0 Å². The summed E-state index contributed by atoms with van der Waals surface area (Å²) in [6, 6.07) is 102. The average Bonchev–Trinajstić information content (AvgIpc) is 3.80. The highest BCUT2D eigenvalue weighted by Crippen LogP contribution is 2.53. The van der Waals surface area contributed by atoms with E-state index in [1.54, 1.807) is 0 Å². The summed E-state index contributed by atoms with van der Waals surface area (Å²) >= 11 is 0. The van der Waals surface area contributed by atoms with Crippen LogP contribution >= 0.6 is 0 Å². The Labute approximate surface area is 434 Å². The van der Waals surface area contributed by atoms with Gasteiger partial charge in [-0.25, -0.2) is 0 Å². The summed E-state index contributed by atoms with van der Waals surface area (Å²) in [4.78, 5) is 4.87. The molecule has 0 bridgehead atoms. The van der Waals surface area contributed by atoms with E-state index in [1.807, 2.05) is 0 Å². The Bertz CT molecular complexity index is 4650. The lowest BCUT2D eigenvalue weighted by molar-refractivity contribution is 0.669. The summed E-state index contributed by atoms with van der Waals surface area (Å²) in [6.45, 7) is 0. The van der Waals surface area contributed by atoms with Crippen LogP contribution in [0.2, 0.25) is 0 Å². The number of fused-ring (bicyclic) bond motifs is 18. The van der Waals surface area contributed by atoms with Gasteiger partial charge in [0.2, 0.25) is 0 Å². The highest BCUT2D eigenvalue weighted by Gasteiger charge is 2.27. The molecule has 1 aromatic heterocycles. The van der Waals surface area contributed by atoms with Crippen molar-refractivity contribution in [3.63, 3.8) is 0 Å². The van der Waals surface area contributed by atoms with Crippen LogP contribution in [0.4, 0.5) is 34.1 Å². The van der Waals surface area contributed by atoms with Crippen molar-refractivity contribution in [3.05, 3.63) is 279 Å². The van der Waals surface area contributed by atoms with Crippen molar-refractivity contribution < 1.29 is 4.42 Å². The molecule has 2 heterocycles. The van der Waals surface area contributed by atoms with Gasteiger partial charge in [-0.2, -0.15) is 0 Å². The summed E-state index contributed by atoms with van der Waals surface area (Å²) in [6.07, 6.45) is 0. The van der Waals surface area contributed by atoms with E-state index in [-0.39, 0.29) is 0 Å². The molecule has 15 rings (SSSR count). The predicted octanol–water partition coefficient (Wildman–Crippen LogP) is 20.7. The van der Waals surface area contributed by atoms with Crippen LogP contribution in [-0.4, -0.2) is 0 Å². The Morgan fingerprint density at radius 1 is 0.240 bits per heavy atom. The Balaban J connectivity index is 1.07. The Hall–Kier alpha value is -9.96. The van der Waals surface area contributed by atoms with Crippen LogP contribution in [-0.2, 0) is 0 Å². The maximum absolute atomic E-state index is 6.72. The summed E-state index contributed by atoms with van der Waals surface area (Å²) in [5.41, 5.74) is 15.3. The molecule has 3 nitrogen and oxygen atoms in total. The molecule has 14 aromatic rings. The molecule has 0 spiro atoms. The van der Waals surface area contributed by atoms with Crippen molar-refractivity contribution in [2.75, 3.05) is 9.80 Å². The summed E-state index contributed by atoms with van der Waals surface area (Å²) in [5, 5.41) is 13.8. The zero-order chi connectivity index (χ0) is 49.4. The van der Waals surface area contributed by atoms with Crippen LogP contribution in [0.25, 0.3) is 109 Å². The highest BCUT2D eigenvalue weighted by atomic mass is 16.3. The average molecular weight is 955 g/mol. The van der Waals surface area contributed by atoms with Crippen molar-refractivity contribution in [2.45, 2.75) is 0 Å². The van der Waals surface area contributed by atoms with Gasteiger partial charge in [0.25, 0.3) is 0 Å². The molecule has 0 radical (unpaired) electrons. The SMILES string of the molecule is c1ccc(-c2ccc(N(c3ccc4c(c3)-c3ccccc3-c3ccccc3N4c3ccccc3)c3ccc4c5ccccc5c5ccccc5c5ccccc5c5cc6oc7ccccc7c6cc5c4c3)cc2)cc1. The first-order chi connectivity index (χ1) is 37.2. The molecule has 1 aliphatic heterocycles. The topological polar surface area (TPSA) is 19.6 Å². The molecule has 0 N–H and O–H groups in total. The zero-order valence-corrected chi connectivity index (χ0v) is 40.9. The smallest absolute Gasteiger partial charge is 0.136 e. The monoisotopic (exact) mass is 954 g/mol. The number of para-hydroxylation sites is 3. The Kier molecular flexibility index (Phi) is 9.89. The van der Waals surface area contributed by atoms with Gasteiger partial charge in [0.05, 0.1) is 11.4 Å². The summed E-state index contributed by atoms with van der Waals surface area (Å²) < 4.78 is 6.72. The first kappa shape index (κ1) is 42.7. The van der Waals surface area contributed by atoms with E-state index in [1.165, 1.54) is 49.2 Å². The van der Waals surface area contributed by atoms with Crippen LogP contribution in [0.15, 0.2) is 283 Å². The van der Waals surface area contributed by atoms with Crippen LogP contribution < -0.4 is 9.80 Å². The number of anilines is 6. The fraction of sp³-hybridized carbons (Fsp3) is 0. The highest BCUT2D eigenvalue weighted by molar-refractivity contribution is 6.28. The van der Waals surface area contributed by atoms with Gasteiger partial charge in [0.15, 0.2) is 0 Å². The molecule has 0 saturated heterocycles. The number of benzene rings is 12. The van der Waals surface area contributed by atoms with Gasteiger partial charge < -0.3 is 14.2 Å². The van der Waals surface area contributed by atoms with E-state index in [4.69, 9.17) is 4.42 Å². The van der Waals surface area contributed by atoms with Crippen molar-refractivity contribution in [3.8, 4) is 33.4 Å². The maximum Gasteiger partial charge on any atom is 0.136 e. The molecule has 0 fully saturated rings. The van der Waals surface area contributed by atoms with E-state index in [2.05, 4.69) is 289 Å². The molecule has 75 heavy (non-hydrogen) atoms. The molecule has 350 valence electrons. The molecule has 0 unspecified atom stereocenters. The van der Waals surface area contributed by atoms with Crippen molar-refractivity contribution in [1.29, 1.82) is 0 Å². The third-order valence-electron chi connectivity index (χ3n) is 15.4. The van der Waals surface area contributed by atoms with Gasteiger partial charge >= 0.3 is 0 Å². The number of hydrogen-bond donors (Lipinski definition) is 0. The molecule has 1 aliphatic rings. The molecule has 3 heteroatoms. The van der Waals surface area contributed by atoms with Gasteiger partial charge in [0.1, 0.15) is 11.2 Å². The molecule has 0 saturated carbocycles. The normalized spacial score (nSPS) is 12.0. The number of furan rings is 1.